The Hall–Kier alpha value is -0.160. The fourth-order valence-corrected chi connectivity index (χ4v) is 4.85. The normalized spacial score (nSPS) is 38.9. The van der Waals surface area contributed by atoms with E-state index < -0.39 is 0 Å². The molecular weight excluding hydrogens is 262 g/mol. The van der Waals surface area contributed by atoms with Gasteiger partial charge in [0.25, 0.3) is 0 Å². The van der Waals surface area contributed by atoms with Crippen molar-refractivity contribution in [3.05, 3.63) is 0 Å². The van der Waals surface area contributed by atoms with Crippen LogP contribution < -0.4 is 5.32 Å². The Morgan fingerprint density at radius 2 is 1.86 bits per heavy atom. The number of nitrogens with one attached hydrogen (secondary N) is 1. The Kier molecular flexibility index (Phi) is 4.89. The Morgan fingerprint density at radius 1 is 1.10 bits per heavy atom. The van der Waals surface area contributed by atoms with Crippen LogP contribution in [0.1, 0.15) is 52.4 Å². The van der Waals surface area contributed by atoms with E-state index in [4.69, 9.17) is 0 Å². The Morgan fingerprint density at radius 3 is 2.52 bits per heavy atom. The third kappa shape index (κ3) is 3.44. The zero-order chi connectivity index (χ0) is 14.9. The molecule has 2 aliphatic heterocycles. The van der Waals surface area contributed by atoms with Gasteiger partial charge in [0.2, 0.25) is 0 Å². The van der Waals surface area contributed by atoms with Gasteiger partial charge in [-0.25, -0.2) is 0 Å². The first kappa shape index (κ1) is 15.7. The van der Waals surface area contributed by atoms with Crippen LogP contribution in [0.5, 0.6) is 0 Å². The van der Waals surface area contributed by atoms with Gasteiger partial charge in [-0.3, -0.25) is 9.80 Å². The van der Waals surface area contributed by atoms with Gasteiger partial charge in [0.15, 0.2) is 0 Å². The second-order valence-electron chi connectivity index (χ2n) is 7.81. The summed E-state index contributed by atoms with van der Waals surface area (Å²) in [6, 6.07) is 1.93. The highest BCUT2D eigenvalue weighted by Crippen LogP contribution is 2.35. The molecule has 122 valence electrons. The number of hydrogen-bond acceptors (Lipinski definition) is 4. The van der Waals surface area contributed by atoms with Crippen molar-refractivity contribution in [3.63, 3.8) is 0 Å². The number of nitrogens with zero attached hydrogens (tertiary/aromatic N) is 2. The van der Waals surface area contributed by atoms with Crippen molar-refractivity contribution in [1.82, 2.24) is 15.1 Å². The minimum atomic E-state index is -0.0232. The van der Waals surface area contributed by atoms with E-state index in [2.05, 4.69) is 29.0 Å². The maximum atomic E-state index is 9.86. The summed E-state index contributed by atoms with van der Waals surface area (Å²) in [7, 11) is 0. The van der Waals surface area contributed by atoms with Crippen LogP contribution in [0.25, 0.3) is 0 Å². The van der Waals surface area contributed by atoms with E-state index in [1.165, 1.54) is 51.9 Å². The van der Waals surface area contributed by atoms with Gasteiger partial charge in [-0.1, -0.05) is 13.8 Å². The minimum Gasteiger partial charge on any atom is -0.394 e. The van der Waals surface area contributed by atoms with E-state index in [-0.39, 0.29) is 12.1 Å². The highest BCUT2D eigenvalue weighted by atomic mass is 16.3. The molecule has 1 saturated carbocycles. The molecular formula is C17H33N3O. The SMILES string of the molecule is CC(C)NC1(CO)CCC(N2CCC(N3CCCC3)C2)C1. The average Bonchev–Trinajstić information content (AvgIpc) is 3.18. The lowest BCUT2D eigenvalue weighted by Crippen LogP contribution is -2.50. The van der Waals surface area contributed by atoms with E-state index in [0.29, 0.717) is 12.1 Å². The molecule has 3 atom stereocenters. The van der Waals surface area contributed by atoms with Crippen molar-refractivity contribution < 1.29 is 5.11 Å². The summed E-state index contributed by atoms with van der Waals surface area (Å²) in [5.41, 5.74) is -0.0232. The molecule has 0 radical (unpaired) electrons. The minimum absolute atomic E-state index is 0.0232. The van der Waals surface area contributed by atoms with Crippen LogP contribution in [0.15, 0.2) is 0 Å². The topological polar surface area (TPSA) is 38.7 Å². The Balaban J connectivity index is 1.54. The van der Waals surface area contributed by atoms with Gasteiger partial charge in [-0.05, 0) is 51.6 Å². The molecule has 2 saturated heterocycles. The summed E-state index contributed by atoms with van der Waals surface area (Å²) in [4.78, 5) is 5.42. The molecule has 0 spiro atoms. The summed E-state index contributed by atoms with van der Waals surface area (Å²) in [5, 5.41) is 13.5. The first-order valence-electron chi connectivity index (χ1n) is 8.98. The molecule has 0 amide bonds. The number of aliphatic hydroxyl groups is 1. The van der Waals surface area contributed by atoms with Crippen molar-refractivity contribution in [2.75, 3.05) is 32.8 Å². The number of hydrogen-bond donors (Lipinski definition) is 2. The summed E-state index contributed by atoms with van der Waals surface area (Å²) >= 11 is 0. The molecule has 2 N–H and O–H groups in total. The van der Waals surface area contributed by atoms with Gasteiger partial charge < -0.3 is 10.4 Å². The van der Waals surface area contributed by atoms with Crippen LogP contribution in [0.2, 0.25) is 0 Å². The zero-order valence-corrected chi connectivity index (χ0v) is 13.9. The van der Waals surface area contributed by atoms with Gasteiger partial charge in [-0.15, -0.1) is 0 Å². The molecule has 0 aromatic carbocycles. The summed E-state index contributed by atoms with van der Waals surface area (Å²) < 4.78 is 0. The molecule has 3 fully saturated rings. The quantitative estimate of drug-likeness (QED) is 0.805. The molecule has 4 heteroatoms. The number of aliphatic hydroxyl groups excluding tert-OH is 1. The molecule has 21 heavy (non-hydrogen) atoms. The van der Waals surface area contributed by atoms with E-state index in [9.17, 15) is 5.11 Å². The molecule has 3 aliphatic rings. The van der Waals surface area contributed by atoms with E-state index in [1.54, 1.807) is 0 Å². The monoisotopic (exact) mass is 295 g/mol. The lowest BCUT2D eigenvalue weighted by molar-refractivity contribution is 0.139. The molecule has 1 aliphatic carbocycles. The lowest BCUT2D eigenvalue weighted by Gasteiger charge is -2.33. The first-order valence-corrected chi connectivity index (χ1v) is 8.98. The van der Waals surface area contributed by atoms with Crippen molar-refractivity contribution in [2.45, 2.75) is 76.0 Å². The van der Waals surface area contributed by atoms with E-state index in [1.807, 2.05) is 0 Å². The standard InChI is InChI=1S/C17H33N3O/c1-14(2)18-17(13-21)7-5-15(11-17)20-10-6-16(12-20)19-8-3-4-9-19/h14-16,18,21H,3-13H2,1-2H3. The Bertz CT molecular complexity index is 343. The largest absolute Gasteiger partial charge is 0.394 e. The van der Waals surface area contributed by atoms with Gasteiger partial charge in [-0.2, -0.15) is 0 Å². The number of rotatable bonds is 5. The molecule has 3 rings (SSSR count). The Labute approximate surface area is 129 Å². The average molecular weight is 295 g/mol. The third-order valence-corrected chi connectivity index (χ3v) is 5.85. The zero-order valence-electron chi connectivity index (χ0n) is 13.9. The van der Waals surface area contributed by atoms with Gasteiger partial charge in [0, 0.05) is 36.8 Å². The van der Waals surface area contributed by atoms with Gasteiger partial charge in [0.1, 0.15) is 0 Å². The predicted molar refractivity (Wildman–Crippen MR) is 86.5 cm³/mol. The molecule has 0 aromatic heterocycles. The number of likely N-dealkylation sites (tertiary alicyclic amines) is 2. The fraction of sp³-hybridized carbons (Fsp3) is 1.00. The first-order chi connectivity index (χ1) is 10.1. The highest BCUT2D eigenvalue weighted by molar-refractivity contribution is 5.02. The van der Waals surface area contributed by atoms with Crippen molar-refractivity contribution in [1.29, 1.82) is 0 Å². The fourth-order valence-electron chi connectivity index (χ4n) is 4.85. The molecule has 2 heterocycles. The van der Waals surface area contributed by atoms with Crippen molar-refractivity contribution >= 4 is 0 Å². The molecule has 4 nitrogen and oxygen atoms in total. The third-order valence-electron chi connectivity index (χ3n) is 5.85. The molecule has 3 unspecified atom stereocenters. The maximum absolute atomic E-state index is 9.86. The van der Waals surface area contributed by atoms with E-state index >= 15 is 0 Å². The summed E-state index contributed by atoms with van der Waals surface area (Å²) in [6.45, 7) is 9.80. The summed E-state index contributed by atoms with van der Waals surface area (Å²) in [6.07, 6.45) is 7.62. The van der Waals surface area contributed by atoms with Gasteiger partial charge >= 0.3 is 0 Å². The summed E-state index contributed by atoms with van der Waals surface area (Å²) in [5.74, 6) is 0. The molecule has 0 bridgehead atoms. The highest BCUT2D eigenvalue weighted by Gasteiger charge is 2.43. The van der Waals surface area contributed by atoms with Crippen LogP contribution in [0, 0.1) is 0 Å². The van der Waals surface area contributed by atoms with Gasteiger partial charge in [0.05, 0.1) is 6.61 Å². The van der Waals surface area contributed by atoms with Crippen LogP contribution in [-0.4, -0.2) is 71.4 Å². The van der Waals surface area contributed by atoms with Crippen molar-refractivity contribution in [2.24, 2.45) is 0 Å². The lowest BCUT2D eigenvalue weighted by atomic mass is 9.97. The second kappa shape index (κ2) is 6.53. The smallest absolute Gasteiger partial charge is 0.0614 e. The predicted octanol–water partition coefficient (Wildman–Crippen LogP) is 1.44. The van der Waals surface area contributed by atoms with Crippen LogP contribution in [-0.2, 0) is 0 Å². The second-order valence-corrected chi connectivity index (χ2v) is 7.81. The maximum Gasteiger partial charge on any atom is 0.0614 e. The van der Waals surface area contributed by atoms with Crippen molar-refractivity contribution in [3.8, 4) is 0 Å². The van der Waals surface area contributed by atoms with Crippen LogP contribution in [0.3, 0.4) is 0 Å². The van der Waals surface area contributed by atoms with Crippen LogP contribution >= 0.6 is 0 Å². The molecule has 0 aromatic rings. The van der Waals surface area contributed by atoms with E-state index in [0.717, 1.165) is 18.9 Å². The van der Waals surface area contributed by atoms with Crippen LogP contribution in [0.4, 0.5) is 0 Å².